The molecule has 0 bridgehead atoms. The Morgan fingerprint density at radius 1 is 1.39 bits per heavy atom. The number of ketones is 1. The molecule has 1 atom stereocenters. The van der Waals surface area contributed by atoms with Crippen LogP contribution in [0.3, 0.4) is 0 Å². The Morgan fingerprint density at radius 2 is 2.06 bits per heavy atom. The number of carbonyl (C=O) groups is 2. The third-order valence-electron chi connectivity index (χ3n) is 2.77. The molecule has 0 aliphatic carbocycles. The van der Waals surface area contributed by atoms with Gasteiger partial charge in [-0.1, -0.05) is 23.7 Å². The highest BCUT2D eigenvalue weighted by Crippen LogP contribution is 2.27. The first-order chi connectivity index (χ1) is 8.60. The molecule has 1 unspecified atom stereocenters. The van der Waals surface area contributed by atoms with Gasteiger partial charge in [0.25, 0.3) is 0 Å². The molecule has 0 fully saturated rings. The van der Waals surface area contributed by atoms with E-state index in [1.807, 2.05) is 12.1 Å². The van der Waals surface area contributed by atoms with Gasteiger partial charge >= 0.3 is 5.97 Å². The SMILES string of the molecule is COC(=O)C1=NC(c2ccc(Cl)cc2)CC(=O)C1. The molecule has 0 spiro atoms. The molecule has 0 aromatic heterocycles. The summed E-state index contributed by atoms with van der Waals surface area (Å²) in [5.74, 6) is -0.549. The second-order valence-electron chi connectivity index (χ2n) is 4.05. The molecule has 1 aliphatic heterocycles. The molecule has 1 heterocycles. The summed E-state index contributed by atoms with van der Waals surface area (Å²) in [4.78, 5) is 27.3. The molecule has 0 N–H and O–H groups in total. The second kappa shape index (κ2) is 5.31. The maximum absolute atomic E-state index is 11.6. The van der Waals surface area contributed by atoms with Crippen molar-refractivity contribution in [1.29, 1.82) is 0 Å². The quantitative estimate of drug-likeness (QED) is 0.772. The van der Waals surface area contributed by atoms with E-state index in [1.54, 1.807) is 12.1 Å². The van der Waals surface area contributed by atoms with Crippen LogP contribution in [0.25, 0.3) is 0 Å². The number of ether oxygens (including phenoxy) is 1. The van der Waals surface area contributed by atoms with Crippen molar-refractivity contribution in [3.8, 4) is 0 Å². The second-order valence-corrected chi connectivity index (χ2v) is 4.49. The zero-order valence-electron chi connectivity index (χ0n) is 9.85. The zero-order valence-corrected chi connectivity index (χ0v) is 10.6. The standard InChI is InChI=1S/C13H12ClNO3/c1-18-13(17)12-7-10(16)6-11(15-12)8-2-4-9(14)5-3-8/h2-5,11H,6-7H2,1H3. The lowest BCUT2D eigenvalue weighted by molar-refractivity contribution is -0.133. The van der Waals surface area contributed by atoms with Crippen molar-refractivity contribution in [2.45, 2.75) is 18.9 Å². The van der Waals surface area contributed by atoms with Crippen LogP contribution in [-0.2, 0) is 14.3 Å². The minimum absolute atomic E-state index is 0.00894. The molecule has 4 nitrogen and oxygen atoms in total. The Bertz CT molecular complexity index is 507. The van der Waals surface area contributed by atoms with Gasteiger partial charge in [-0.2, -0.15) is 0 Å². The van der Waals surface area contributed by atoms with E-state index in [1.165, 1.54) is 7.11 Å². The first-order valence-corrected chi connectivity index (χ1v) is 5.90. The number of aliphatic imine (C=N–C) groups is 1. The third kappa shape index (κ3) is 2.76. The first-order valence-electron chi connectivity index (χ1n) is 5.52. The highest BCUT2D eigenvalue weighted by Gasteiger charge is 2.26. The largest absolute Gasteiger partial charge is 0.465 e. The summed E-state index contributed by atoms with van der Waals surface area (Å²) >= 11 is 5.80. The van der Waals surface area contributed by atoms with Crippen LogP contribution in [0, 0.1) is 0 Å². The number of Topliss-reactive ketones (excluding diaryl/α,β-unsaturated/α-hetero) is 1. The maximum atomic E-state index is 11.6. The number of methoxy groups -OCH3 is 1. The number of rotatable bonds is 2. The number of halogens is 1. The summed E-state index contributed by atoms with van der Waals surface area (Å²) in [5.41, 5.74) is 1.06. The number of hydrogen-bond acceptors (Lipinski definition) is 4. The van der Waals surface area contributed by atoms with Gasteiger partial charge in [-0.25, -0.2) is 4.79 Å². The van der Waals surface area contributed by atoms with Crippen molar-refractivity contribution in [1.82, 2.24) is 0 Å². The summed E-state index contributed by atoms with van der Waals surface area (Å²) < 4.78 is 4.60. The summed E-state index contributed by atoms with van der Waals surface area (Å²) in [7, 11) is 1.28. The van der Waals surface area contributed by atoms with E-state index in [0.29, 0.717) is 11.4 Å². The van der Waals surface area contributed by atoms with Gasteiger partial charge in [0, 0.05) is 11.4 Å². The molecular formula is C13H12ClNO3. The Morgan fingerprint density at radius 3 is 2.67 bits per heavy atom. The van der Waals surface area contributed by atoms with Crippen LogP contribution in [0.4, 0.5) is 0 Å². The first kappa shape index (κ1) is 12.8. The van der Waals surface area contributed by atoms with E-state index in [-0.39, 0.29) is 24.0 Å². The van der Waals surface area contributed by atoms with Crippen molar-refractivity contribution in [2.75, 3.05) is 7.11 Å². The fourth-order valence-corrected chi connectivity index (χ4v) is 2.00. The molecule has 1 aromatic carbocycles. The van der Waals surface area contributed by atoms with Crippen LogP contribution in [0.1, 0.15) is 24.4 Å². The summed E-state index contributed by atoms with van der Waals surface area (Å²) in [5, 5.41) is 0.623. The fraction of sp³-hybridized carbons (Fsp3) is 0.308. The number of benzene rings is 1. The molecule has 5 heteroatoms. The lowest BCUT2D eigenvalue weighted by Gasteiger charge is -2.18. The van der Waals surface area contributed by atoms with Crippen LogP contribution < -0.4 is 0 Å². The molecular weight excluding hydrogens is 254 g/mol. The van der Waals surface area contributed by atoms with E-state index < -0.39 is 5.97 Å². The molecule has 1 aliphatic rings. The van der Waals surface area contributed by atoms with Gasteiger partial charge in [0.1, 0.15) is 11.5 Å². The predicted molar refractivity (Wildman–Crippen MR) is 67.9 cm³/mol. The van der Waals surface area contributed by atoms with Gasteiger partial charge in [-0.15, -0.1) is 0 Å². The van der Waals surface area contributed by atoms with Gasteiger partial charge in [0.2, 0.25) is 0 Å². The molecule has 1 aromatic rings. The van der Waals surface area contributed by atoms with Crippen LogP contribution in [0.15, 0.2) is 29.3 Å². The maximum Gasteiger partial charge on any atom is 0.352 e. The van der Waals surface area contributed by atoms with Gasteiger partial charge in [-0.05, 0) is 17.7 Å². The highest BCUT2D eigenvalue weighted by atomic mass is 35.5. The van der Waals surface area contributed by atoms with Crippen molar-refractivity contribution in [3.63, 3.8) is 0 Å². The summed E-state index contributed by atoms with van der Waals surface area (Å²) in [6.07, 6.45) is 0.360. The van der Waals surface area contributed by atoms with Crippen LogP contribution >= 0.6 is 11.6 Å². The number of nitrogens with zero attached hydrogens (tertiary/aromatic N) is 1. The lowest BCUT2D eigenvalue weighted by Crippen LogP contribution is -2.25. The monoisotopic (exact) mass is 265 g/mol. The zero-order chi connectivity index (χ0) is 13.1. The topological polar surface area (TPSA) is 55.7 Å². The molecule has 0 amide bonds. The number of esters is 1. The molecule has 2 rings (SSSR count). The molecule has 18 heavy (non-hydrogen) atoms. The molecule has 0 saturated heterocycles. The van der Waals surface area contributed by atoms with Crippen molar-refractivity contribution >= 4 is 29.1 Å². The molecule has 0 radical (unpaired) electrons. The minimum atomic E-state index is -0.540. The van der Waals surface area contributed by atoms with Gasteiger partial charge in [0.05, 0.1) is 19.6 Å². The van der Waals surface area contributed by atoms with E-state index >= 15 is 0 Å². The average molecular weight is 266 g/mol. The van der Waals surface area contributed by atoms with E-state index in [9.17, 15) is 9.59 Å². The Kier molecular flexibility index (Phi) is 3.77. The Labute approximate surface area is 110 Å². The predicted octanol–water partition coefficient (Wildman–Crippen LogP) is 2.36. The average Bonchev–Trinajstić information content (AvgIpc) is 2.38. The van der Waals surface area contributed by atoms with Gasteiger partial charge in [-0.3, -0.25) is 9.79 Å². The van der Waals surface area contributed by atoms with E-state index in [0.717, 1.165) is 5.56 Å². The van der Waals surface area contributed by atoms with Crippen molar-refractivity contribution in [3.05, 3.63) is 34.9 Å². The number of hydrogen-bond donors (Lipinski definition) is 0. The summed E-state index contributed by atoms with van der Waals surface area (Å²) in [6, 6.07) is 6.78. The fourth-order valence-electron chi connectivity index (χ4n) is 1.87. The van der Waals surface area contributed by atoms with E-state index in [4.69, 9.17) is 11.6 Å². The van der Waals surface area contributed by atoms with Crippen LogP contribution in [-0.4, -0.2) is 24.6 Å². The van der Waals surface area contributed by atoms with Gasteiger partial charge in [0.15, 0.2) is 0 Å². The van der Waals surface area contributed by atoms with Gasteiger partial charge < -0.3 is 4.74 Å². The van der Waals surface area contributed by atoms with Crippen LogP contribution in [0.5, 0.6) is 0 Å². The number of carbonyl (C=O) groups excluding carboxylic acids is 2. The van der Waals surface area contributed by atoms with Crippen molar-refractivity contribution in [2.24, 2.45) is 4.99 Å². The molecule has 0 saturated carbocycles. The highest BCUT2D eigenvalue weighted by molar-refractivity contribution is 6.40. The lowest BCUT2D eigenvalue weighted by atomic mass is 9.96. The Balaban J connectivity index is 2.29. The minimum Gasteiger partial charge on any atom is -0.465 e. The molecule has 94 valence electrons. The normalized spacial score (nSPS) is 19.3. The third-order valence-corrected chi connectivity index (χ3v) is 3.03. The van der Waals surface area contributed by atoms with Crippen molar-refractivity contribution < 1.29 is 14.3 Å². The summed E-state index contributed by atoms with van der Waals surface area (Å²) in [6.45, 7) is 0. The van der Waals surface area contributed by atoms with E-state index in [2.05, 4.69) is 9.73 Å². The Hall–Kier alpha value is -1.68. The smallest absolute Gasteiger partial charge is 0.352 e. The van der Waals surface area contributed by atoms with Crippen LogP contribution in [0.2, 0.25) is 5.02 Å².